The fourth-order valence-corrected chi connectivity index (χ4v) is 2.45. The number of hydrogen-bond donors (Lipinski definition) is 1. The van der Waals surface area contributed by atoms with Crippen molar-refractivity contribution in [2.24, 2.45) is 7.05 Å². The van der Waals surface area contributed by atoms with Crippen LogP contribution in [0, 0.1) is 13.8 Å². The van der Waals surface area contributed by atoms with Crippen LogP contribution in [0.25, 0.3) is 0 Å². The molecule has 0 spiro atoms. The number of amides is 1. The maximum absolute atomic E-state index is 12.3. The highest BCUT2D eigenvalue weighted by Gasteiger charge is 2.16. The number of carbonyl (C=O) groups excluding carboxylic acids is 1. The van der Waals surface area contributed by atoms with Crippen LogP contribution in [0.3, 0.4) is 0 Å². The van der Waals surface area contributed by atoms with Crippen LogP contribution in [-0.2, 0) is 20.1 Å². The second-order valence-electron chi connectivity index (χ2n) is 5.75. The third-order valence-electron chi connectivity index (χ3n) is 3.97. The lowest BCUT2D eigenvalue weighted by molar-refractivity contribution is 0.0944. The normalized spacial score (nSPS) is 10.8. The van der Waals surface area contributed by atoms with Crippen LogP contribution in [0.4, 0.5) is 0 Å². The van der Waals surface area contributed by atoms with Crippen LogP contribution in [0.1, 0.15) is 33.1 Å². The van der Waals surface area contributed by atoms with E-state index in [4.69, 9.17) is 0 Å². The Labute approximate surface area is 140 Å². The number of aromatic nitrogens is 5. The second kappa shape index (κ2) is 6.66. The fourth-order valence-electron chi connectivity index (χ4n) is 2.45. The lowest BCUT2D eigenvalue weighted by Crippen LogP contribution is -2.24. The minimum absolute atomic E-state index is 0.241. The number of hydrogen-bond acceptors (Lipinski definition) is 4. The molecule has 1 amide bonds. The molecule has 0 saturated carbocycles. The van der Waals surface area contributed by atoms with Gasteiger partial charge in [0.1, 0.15) is 0 Å². The molecule has 1 N–H and O–H groups in total. The van der Waals surface area contributed by atoms with Crippen molar-refractivity contribution >= 4 is 5.91 Å². The van der Waals surface area contributed by atoms with Crippen molar-refractivity contribution in [2.75, 3.05) is 0 Å². The van der Waals surface area contributed by atoms with Crippen LogP contribution < -0.4 is 5.32 Å². The van der Waals surface area contributed by atoms with E-state index in [1.807, 2.05) is 57.3 Å². The minimum Gasteiger partial charge on any atom is -0.345 e. The molecule has 24 heavy (non-hydrogen) atoms. The SMILES string of the molecule is Cc1cc(CNC(=O)c2nnn(Cc3ccccc3)c2C)nn1C. The Morgan fingerprint density at radius 2 is 1.96 bits per heavy atom. The Bertz CT molecular complexity index is 830. The molecule has 0 bridgehead atoms. The summed E-state index contributed by atoms with van der Waals surface area (Å²) in [6, 6.07) is 11.9. The molecule has 0 aliphatic carbocycles. The molecule has 124 valence electrons. The van der Waals surface area contributed by atoms with E-state index >= 15 is 0 Å². The van der Waals surface area contributed by atoms with E-state index in [9.17, 15) is 4.79 Å². The fraction of sp³-hybridized carbons (Fsp3) is 0.294. The van der Waals surface area contributed by atoms with Gasteiger partial charge in [-0.1, -0.05) is 35.5 Å². The molecular weight excluding hydrogens is 304 g/mol. The van der Waals surface area contributed by atoms with E-state index < -0.39 is 0 Å². The molecule has 1 aromatic carbocycles. The maximum Gasteiger partial charge on any atom is 0.274 e. The average Bonchev–Trinajstić information content (AvgIpc) is 3.09. The number of rotatable bonds is 5. The van der Waals surface area contributed by atoms with Gasteiger partial charge in [-0.3, -0.25) is 9.48 Å². The summed E-state index contributed by atoms with van der Waals surface area (Å²) in [5.41, 5.74) is 4.07. The lowest BCUT2D eigenvalue weighted by Gasteiger charge is -2.04. The summed E-state index contributed by atoms with van der Waals surface area (Å²) < 4.78 is 3.51. The van der Waals surface area contributed by atoms with Gasteiger partial charge in [0.05, 0.1) is 24.5 Å². The molecule has 0 aliphatic rings. The second-order valence-corrected chi connectivity index (χ2v) is 5.75. The molecule has 0 unspecified atom stereocenters. The highest BCUT2D eigenvalue weighted by atomic mass is 16.2. The number of carbonyl (C=O) groups is 1. The van der Waals surface area contributed by atoms with Crippen molar-refractivity contribution in [3.05, 3.63) is 64.7 Å². The van der Waals surface area contributed by atoms with E-state index in [-0.39, 0.29) is 5.91 Å². The zero-order chi connectivity index (χ0) is 17.1. The van der Waals surface area contributed by atoms with E-state index in [0.717, 1.165) is 22.6 Å². The first kappa shape index (κ1) is 15.9. The average molecular weight is 324 g/mol. The predicted octanol–water partition coefficient (Wildman–Crippen LogP) is 1.61. The molecule has 0 saturated heterocycles. The van der Waals surface area contributed by atoms with Gasteiger partial charge in [0.2, 0.25) is 0 Å². The zero-order valence-electron chi connectivity index (χ0n) is 14.0. The summed E-state index contributed by atoms with van der Waals surface area (Å²) in [6.07, 6.45) is 0. The van der Waals surface area contributed by atoms with Crippen LogP contribution in [0.5, 0.6) is 0 Å². The first-order valence-corrected chi connectivity index (χ1v) is 7.76. The summed E-state index contributed by atoms with van der Waals surface area (Å²) in [6.45, 7) is 4.78. The van der Waals surface area contributed by atoms with Crippen molar-refractivity contribution in [2.45, 2.75) is 26.9 Å². The van der Waals surface area contributed by atoms with Crippen LogP contribution in [0.2, 0.25) is 0 Å². The number of aryl methyl sites for hydroxylation is 2. The van der Waals surface area contributed by atoms with Crippen molar-refractivity contribution in [1.82, 2.24) is 30.1 Å². The largest absolute Gasteiger partial charge is 0.345 e. The molecule has 0 atom stereocenters. The van der Waals surface area contributed by atoms with E-state index in [1.54, 1.807) is 9.36 Å². The van der Waals surface area contributed by atoms with Crippen LogP contribution >= 0.6 is 0 Å². The molecule has 0 aliphatic heterocycles. The van der Waals surface area contributed by atoms with Gasteiger partial charge in [0.15, 0.2) is 5.69 Å². The van der Waals surface area contributed by atoms with E-state index in [1.165, 1.54) is 0 Å². The van der Waals surface area contributed by atoms with Gasteiger partial charge in [0, 0.05) is 12.7 Å². The van der Waals surface area contributed by atoms with Crippen molar-refractivity contribution < 1.29 is 4.79 Å². The molecule has 7 heteroatoms. The molecule has 3 rings (SSSR count). The maximum atomic E-state index is 12.3. The number of nitrogens with zero attached hydrogens (tertiary/aromatic N) is 5. The summed E-state index contributed by atoms with van der Waals surface area (Å²) >= 11 is 0. The van der Waals surface area contributed by atoms with E-state index in [2.05, 4.69) is 20.7 Å². The first-order valence-electron chi connectivity index (χ1n) is 7.76. The molecule has 2 heterocycles. The Kier molecular flexibility index (Phi) is 4.41. The van der Waals surface area contributed by atoms with Crippen molar-refractivity contribution in [3.8, 4) is 0 Å². The third-order valence-corrected chi connectivity index (χ3v) is 3.97. The topological polar surface area (TPSA) is 77.6 Å². The summed E-state index contributed by atoms with van der Waals surface area (Å²) in [5, 5.41) is 15.3. The summed E-state index contributed by atoms with van der Waals surface area (Å²) in [7, 11) is 1.87. The standard InChI is InChI=1S/C17H20N6O/c1-12-9-15(20-22(12)3)10-18-17(24)16-13(2)23(21-19-16)11-14-7-5-4-6-8-14/h4-9H,10-11H2,1-3H3,(H,18,24). The Hall–Kier alpha value is -2.96. The van der Waals surface area contributed by atoms with Gasteiger partial charge in [-0.2, -0.15) is 5.10 Å². The van der Waals surface area contributed by atoms with Gasteiger partial charge >= 0.3 is 0 Å². The monoisotopic (exact) mass is 324 g/mol. The van der Waals surface area contributed by atoms with Crippen LogP contribution in [-0.4, -0.2) is 30.7 Å². The van der Waals surface area contributed by atoms with Crippen LogP contribution in [0.15, 0.2) is 36.4 Å². The molecule has 3 aromatic rings. The van der Waals surface area contributed by atoms with Gasteiger partial charge in [-0.05, 0) is 25.5 Å². The smallest absolute Gasteiger partial charge is 0.274 e. The molecule has 7 nitrogen and oxygen atoms in total. The summed E-state index contributed by atoms with van der Waals surface area (Å²) in [4.78, 5) is 12.3. The van der Waals surface area contributed by atoms with Crippen molar-refractivity contribution in [3.63, 3.8) is 0 Å². The quantitative estimate of drug-likeness (QED) is 0.773. The zero-order valence-corrected chi connectivity index (χ0v) is 14.0. The Morgan fingerprint density at radius 3 is 2.62 bits per heavy atom. The predicted molar refractivity (Wildman–Crippen MR) is 89.4 cm³/mol. The third kappa shape index (κ3) is 3.34. The highest BCUT2D eigenvalue weighted by Crippen LogP contribution is 2.08. The van der Waals surface area contributed by atoms with E-state index in [0.29, 0.717) is 18.8 Å². The van der Waals surface area contributed by atoms with Gasteiger partial charge in [-0.15, -0.1) is 5.10 Å². The molecular formula is C17H20N6O. The number of benzene rings is 1. The minimum atomic E-state index is -0.241. The lowest BCUT2D eigenvalue weighted by atomic mass is 10.2. The molecule has 2 aromatic heterocycles. The van der Waals surface area contributed by atoms with Gasteiger partial charge < -0.3 is 5.32 Å². The van der Waals surface area contributed by atoms with Gasteiger partial charge in [0.25, 0.3) is 5.91 Å². The Balaban J connectivity index is 1.67. The first-order chi connectivity index (χ1) is 11.5. The number of nitrogens with one attached hydrogen (secondary N) is 1. The van der Waals surface area contributed by atoms with Gasteiger partial charge in [-0.25, -0.2) is 4.68 Å². The molecule has 0 fully saturated rings. The highest BCUT2D eigenvalue weighted by molar-refractivity contribution is 5.93. The van der Waals surface area contributed by atoms with Crippen molar-refractivity contribution in [1.29, 1.82) is 0 Å². The molecule has 0 radical (unpaired) electrons. The Morgan fingerprint density at radius 1 is 1.21 bits per heavy atom. The summed E-state index contributed by atoms with van der Waals surface area (Å²) in [5.74, 6) is -0.241.